The van der Waals surface area contributed by atoms with E-state index < -0.39 is 11.9 Å². The summed E-state index contributed by atoms with van der Waals surface area (Å²) >= 11 is 2.17. The molecule has 11 heteroatoms. The summed E-state index contributed by atoms with van der Waals surface area (Å²) in [6.45, 7) is 3.45. The SMILES string of the molecule is CCOC(=O)c1c(NC(=O)CSc2nc(C3CC3)n(-c3ccccc3)n2)sc(C(N)=O)c1C. The van der Waals surface area contributed by atoms with Gasteiger partial charge in [-0.3, -0.25) is 9.59 Å². The highest BCUT2D eigenvalue weighted by Gasteiger charge is 2.31. The van der Waals surface area contributed by atoms with Crippen LogP contribution in [-0.4, -0.2) is 44.9 Å². The molecule has 3 aromatic rings. The first-order chi connectivity index (χ1) is 15.9. The zero-order chi connectivity index (χ0) is 23.5. The third-order valence-corrected chi connectivity index (χ3v) is 7.05. The number of ether oxygens (including phenoxy) is 1. The number of anilines is 1. The van der Waals surface area contributed by atoms with Crippen LogP contribution in [-0.2, 0) is 9.53 Å². The number of thioether (sulfide) groups is 1. The molecule has 2 aromatic heterocycles. The summed E-state index contributed by atoms with van der Waals surface area (Å²) in [5.74, 6) is -0.316. The van der Waals surface area contributed by atoms with Crippen LogP contribution in [0.3, 0.4) is 0 Å². The van der Waals surface area contributed by atoms with E-state index in [1.165, 1.54) is 11.8 Å². The summed E-state index contributed by atoms with van der Waals surface area (Å²) < 4.78 is 6.91. The number of para-hydroxylation sites is 1. The lowest BCUT2D eigenvalue weighted by Crippen LogP contribution is -2.16. The van der Waals surface area contributed by atoms with E-state index in [0.29, 0.717) is 16.6 Å². The van der Waals surface area contributed by atoms with Gasteiger partial charge in [-0.15, -0.1) is 16.4 Å². The van der Waals surface area contributed by atoms with Gasteiger partial charge in [-0.05, 0) is 44.4 Å². The van der Waals surface area contributed by atoms with Crippen molar-refractivity contribution < 1.29 is 19.1 Å². The molecule has 0 bridgehead atoms. The maximum atomic E-state index is 12.7. The molecule has 1 saturated carbocycles. The van der Waals surface area contributed by atoms with Crippen molar-refractivity contribution in [2.75, 3.05) is 17.7 Å². The summed E-state index contributed by atoms with van der Waals surface area (Å²) in [6, 6.07) is 9.76. The lowest BCUT2D eigenvalue weighted by molar-refractivity contribution is -0.113. The van der Waals surface area contributed by atoms with Gasteiger partial charge in [0.1, 0.15) is 10.8 Å². The fourth-order valence-corrected chi connectivity index (χ4v) is 5.00. The van der Waals surface area contributed by atoms with Crippen molar-refractivity contribution in [2.24, 2.45) is 5.73 Å². The molecule has 2 heterocycles. The lowest BCUT2D eigenvalue weighted by Gasteiger charge is -2.06. The Balaban J connectivity index is 1.49. The van der Waals surface area contributed by atoms with Crippen molar-refractivity contribution in [2.45, 2.75) is 37.8 Å². The second kappa shape index (κ2) is 9.75. The molecule has 172 valence electrons. The molecule has 0 atom stereocenters. The number of carbonyl (C=O) groups is 3. The van der Waals surface area contributed by atoms with Gasteiger partial charge in [0.25, 0.3) is 5.91 Å². The Morgan fingerprint density at radius 1 is 1.27 bits per heavy atom. The van der Waals surface area contributed by atoms with Crippen LogP contribution in [0.1, 0.15) is 57.1 Å². The van der Waals surface area contributed by atoms with E-state index in [2.05, 4.69) is 15.4 Å². The quantitative estimate of drug-likeness (QED) is 0.350. The van der Waals surface area contributed by atoms with Gasteiger partial charge in [-0.2, -0.15) is 0 Å². The minimum Gasteiger partial charge on any atom is -0.462 e. The number of thiophene rings is 1. The molecule has 0 radical (unpaired) electrons. The highest BCUT2D eigenvalue weighted by atomic mass is 32.2. The smallest absolute Gasteiger partial charge is 0.341 e. The van der Waals surface area contributed by atoms with Crippen LogP contribution in [0.5, 0.6) is 0 Å². The number of hydrogen-bond donors (Lipinski definition) is 2. The highest BCUT2D eigenvalue weighted by Crippen LogP contribution is 2.40. The minimum absolute atomic E-state index is 0.0357. The number of nitrogens with zero attached hydrogens (tertiary/aromatic N) is 3. The molecule has 1 aromatic carbocycles. The summed E-state index contributed by atoms with van der Waals surface area (Å²) in [5.41, 5.74) is 6.88. The van der Waals surface area contributed by atoms with Gasteiger partial charge in [0.15, 0.2) is 0 Å². The molecule has 1 fully saturated rings. The molecular weight excluding hydrogens is 462 g/mol. The average molecular weight is 486 g/mol. The number of esters is 1. The number of nitrogens with one attached hydrogen (secondary N) is 1. The van der Waals surface area contributed by atoms with Crippen LogP contribution >= 0.6 is 23.1 Å². The fraction of sp³-hybridized carbons (Fsp3) is 0.318. The topological polar surface area (TPSA) is 129 Å². The molecule has 2 amide bonds. The molecule has 9 nitrogen and oxygen atoms in total. The lowest BCUT2D eigenvalue weighted by atomic mass is 10.1. The predicted octanol–water partition coefficient (Wildman–Crippen LogP) is 3.52. The van der Waals surface area contributed by atoms with Crippen LogP contribution in [0, 0.1) is 6.92 Å². The normalized spacial score (nSPS) is 13.0. The number of rotatable bonds is 9. The van der Waals surface area contributed by atoms with Crippen LogP contribution in [0.15, 0.2) is 35.5 Å². The number of amides is 2. The van der Waals surface area contributed by atoms with Crippen molar-refractivity contribution >= 4 is 45.9 Å². The van der Waals surface area contributed by atoms with Crippen LogP contribution in [0.2, 0.25) is 0 Å². The summed E-state index contributed by atoms with van der Waals surface area (Å²) in [5, 5.41) is 8.04. The third-order valence-electron chi connectivity index (χ3n) is 4.99. The molecule has 0 saturated heterocycles. The molecule has 0 unspecified atom stereocenters. The number of carbonyl (C=O) groups excluding carboxylic acids is 3. The van der Waals surface area contributed by atoms with E-state index in [4.69, 9.17) is 10.5 Å². The molecule has 4 rings (SSSR count). The maximum absolute atomic E-state index is 12.7. The first-order valence-corrected chi connectivity index (χ1v) is 12.2. The van der Waals surface area contributed by atoms with E-state index >= 15 is 0 Å². The number of hydrogen-bond acceptors (Lipinski definition) is 8. The van der Waals surface area contributed by atoms with Crippen molar-refractivity contribution in [1.29, 1.82) is 0 Å². The Labute approximate surface area is 198 Å². The first-order valence-electron chi connectivity index (χ1n) is 10.4. The standard InChI is InChI=1S/C22H23N5O4S2/c1-3-31-21(30)16-12(2)17(18(23)29)33-20(16)24-15(28)11-32-22-25-19(13-9-10-13)27(26-22)14-7-5-4-6-8-14/h4-8,13H,3,9-11H2,1-2H3,(H2,23,29)(H,24,28). The van der Waals surface area contributed by atoms with Gasteiger partial charge in [-0.1, -0.05) is 30.0 Å². The Morgan fingerprint density at radius 2 is 2.00 bits per heavy atom. The average Bonchev–Trinajstić information content (AvgIpc) is 3.46. The monoisotopic (exact) mass is 485 g/mol. The summed E-state index contributed by atoms with van der Waals surface area (Å²) in [4.78, 5) is 41.6. The Bertz CT molecular complexity index is 1200. The molecular formula is C22H23N5O4S2. The number of benzene rings is 1. The van der Waals surface area contributed by atoms with Gasteiger partial charge in [0, 0.05) is 5.92 Å². The fourth-order valence-electron chi connectivity index (χ4n) is 3.31. The van der Waals surface area contributed by atoms with E-state index in [9.17, 15) is 14.4 Å². The van der Waals surface area contributed by atoms with Gasteiger partial charge < -0.3 is 15.8 Å². The largest absolute Gasteiger partial charge is 0.462 e. The van der Waals surface area contributed by atoms with Gasteiger partial charge in [0.2, 0.25) is 11.1 Å². The second-order valence-corrected chi connectivity index (χ2v) is 9.42. The Kier molecular flexibility index (Phi) is 6.80. The zero-order valence-corrected chi connectivity index (χ0v) is 19.8. The molecule has 0 aliphatic heterocycles. The first kappa shape index (κ1) is 23.0. The van der Waals surface area contributed by atoms with Crippen molar-refractivity contribution in [1.82, 2.24) is 14.8 Å². The highest BCUT2D eigenvalue weighted by molar-refractivity contribution is 7.99. The van der Waals surface area contributed by atoms with E-state index in [0.717, 1.165) is 35.7 Å². The predicted molar refractivity (Wildman–Crippen MR) is 126 cm³/mol. The van der Waals surface area contributed by atoms with E-state index in [-0.39, 0.29) is 33.7 Å². The zero-order valence-electron chi connectivity index (χ0n) is 18.2. The molecule has 0 spiro atoms. The number of primary amides is 1. The van der Waals surface area contributed by atoms with E-state index in [1.54, 1.807) is 13.8 Å². The van der Waals surface area contributed by atoms with Crippen LogP contribution in [0.4, 0.5) is 5.00 Å². The van der Waals surface area contributed by atoms with Crippen LogP contribution < -0.4 is 11.1 Å². The van der Waals surface area contributed by atoms with Crippen molar-refractivity contribution in [3.8, 4) is 5.69 Å². The van der Waals surface area contributed by atoms with Crippen molar-refractivity contribution in [3.05, 3.63) is 52.2 Å². The molecule has 3 N–H and O–H groups in total. The Morgan fingerprint density at radius 3 is 2.64 bits per heavy atom. The molecule has 33 heavy (non-hydrogen) atoms. The van der Waals surface area contributed by atoms with E-state index in [1.807, 2.05) is 35.0 Å². The second-order valence-electron chi connectivity index (χ2n) is 7.46. The molecule has 1 aliphatic rings. The van der Waals surface area contributed by atoms with Crippen LogP contribution in [0.25, 0.3) is 5.69 Å². The van der Waals surface area contributed by atoms with Gasteiger partial charge in [-0.25, -0.2) is 14.5 Å². The molecule has 1 aliphatic carbocycles. The number of nitrogens with two attached hydrogens (primary N) is 1. The van der Waals surface area contributed by atoms with Gasteiger partial charge in [0.05, 0.1) is 28.5 Å². The summed E-state index contributed by atoms with van der Waals surface area (Å²) in [7, 11) is 0. The van der Waals surface area contributed by atoms with Crippen molar-refractivity contribution in [3.63, 3.8) is 0 Å². The Hall–Kier alpha value is -3.18. The minimum atomic E-state index is -0.666. The summed E-state index contributed by atoms with van der Waals surface area (Å²) in [6.07, 6.45) is 2.15. The number of aromatic nitrogens is 3. The van der Waals surface area contributed by atoms with Gasteiger partial charge >= 0.3 is 5.97 Å². The maximum Gasteiger partial charge on any atom is 0.341 e. The third kappa shape index (κ3) is 5.09.